The lowest BCUT2D eigenvalue weighted by molar-refractivity contribution is -0.123. The summed E-state index contributed by atoms with van der Waals surface area (Å²) in [7, 11) is 0. The van der Waals surface area contributed by atoms with Gasteiger partial charge in [0.1, 0.15) is 17.4 Å². The number of ketones is 1. The summed E-state index contributed by atoms with van der Waals surface area (Å²) in [6, 6.07) is 3.57. The molecule has 0 radical (unpaired) electrons. The van der Waals surface area contributed by atoms with Crippen LogP contribution in [-0.4, -0.2) is 23.3 Å². The van der Waals surface area contributed by atoms with Gasteiger partial charge in [-0.05, 0) is 25.1 Å². The van der Waals surface area contributed by atoms with Crippen LogP contribution >= 0.6 is 0 Å². The lowest BCUT2D eigenvalue weighted by atomic mass is 10.0. The molecule has 17 heavy (non-hydrogen) atoms. The van der Waals surface area contributed by atoms with E-state index in [1.165, 1.54) is 6.07 Å². The first-order valence-corrected chi connectivity index (χ1v) is 5.76. The number of hydrogen-bond acceptors (Lipinski definition) is 2. The third-order valence-corrected chi connectivity index (χ3v) is 3.21. The minimum atomic E-state index is -0.429. The quantitative estimate of drug-likeness (QED) is 0.790. The number of halogens is 2. The summed E-state index contributed by atoms with van der Waals surface area (Å²) < 4.78 is 26.5. The second kappa shape index (κ2) is 4.92. The van der Waals surface area contributed by atoms with Crippen LogP contribution in [0.4, 0.5) is 8.78 Å². The maximum atomic E-state index is 13.5. The topological polar surface area (TPSA) is 20.3 Å². The largest absolute Gasteiger partial charge is 0.300 e. The molecule has 1 saturated heterocycles. The fourth-order valence-corrected chi connectivity index (χ4v) is 2.17. The van der Waals surface area contributed by atoms with Gasteiger partial charge in [0.05, 0.1) is 0 Å². The molecule has 0 spiro atoms. The highest BCUT2D eigenvalue weighted by molar-refractivity contribution is 5.79. The Hall–Kier alpha value is -1.29. The highest BCUT2D eigenvalue weighted by Crippen LogP contribution is 2.19. The maximum Gasteiger partial charge on any atom is 0.135 e. The molecule has 0 saturated carbocycles. The molecule has 1 aromatic rings. The molecule has 1 unspecified atom stereocenters. The Balaban J connectivity index is 2.10. The van der Waals surface area contributed by atoms with Gasteiger partial charge in [0.2, 0.25) is 0 Å². The zero-order valence-corrected chi connectivity index (χ0v) is 9.75. The number of hydrogen-bond donors (Lipinski definition) is 0. The number of benzene rings is 1. The van der Waals surface area contributed by atoms with Crippen molar-refractivity contribution in [2.75, 3.05) is 6.54 Å². The van der Waals surface area contributed by atoms with Gasteiger partial charge in [-0.1, -0.05) is 0 Å². The Morgan fingerprint density at radius 1 is 1.41 bits per heavy atom. The highest BCUT2D eigenvalue weighted by atomic mass is 19.1. The van der Waals surface area contributed by atoms with Crippen molar-refractivity contribution in [3.63, 3.8) is 0 Å². The van der Waals surface area contributed by atoms with Crippen molar-refractivity contribution in [3.8, 4) is 0 Å². The Labute approximate surface area is 99.2 Å². The van der Waals surface area contributed by atoms with Crippen molar-refractivity contribution in [1.82, 2.24) is 4.90 Å². The normalized spacial score (nSPS) is 21.8. The summed E-state index contributed by atoms with van der Waals surface area (Å²) in [5.41, 5.74) is 0.353. The van der Waals surface area contributed by atoms with Crippen LogP contribution < -0.4 is 0 Å². The molecule has 0 aromatic heterocycles. The average molecular weight is 239 g/mol. The molecule has 1 aliphatic heterocycles. The summed E-state index contributed by atoms with van der Waals surface area (Å²) in [6.45, 7) is 2.92. The van der Waals surface area contributed by atoms with Crippen LogP contribution in [0, 0.1) is 11.6 Å². The van der Waals surface area contributed by atoms with E-state index in [0.717, 1.165) is 12.1 Å². The van der Waals surface area contributed by atoms with Gasteiger partial charge in [-0.25, -0.2) is 8.78 Å². The Bertz CT molecular complexity index is 433. The first kappa shape index (κ1) is 12.2. The number of likely N-dealkylation sites (tertiary alicyclic amines) is 1. The van der Waals surface area contributed by atoms with Gasteiger partial charge in [-0.3, -0.25) is 9.69 Å². The van der Waals surface area contributed by atoms with Crippen LogP contribution in [0.1, 0.15) is 25.3 Å². The Kier molecular flexibility index (Phi) is 3.52. The van der Waals surface area contributed by atoms with Crippen LogP contribution in [0.5, 0.6) is 0 Å². The Morgan fingerprint density at radius 3 is 2.88 bits per heavy atom. The molecule has 92 valence electrons. The summed E-state index contributed by atoms with van der Waals surface area (Å²) in [5, 5.41) is 0. The number of nitrogens with zero attached hydrogens (tertiary/aromatic N) is 1. The molecule has 1 fully saturated rings. The molecular formula is C13H15F2NO. The summed E-state index contributed by atoms with van der Waals surface area (Å²) in [4.78, 5) is 13.2. The number of rotatable bonds is 2. The second-order valence-electron chi connectivity index (χ2n) is 4.55. The molecule has 2 nitrogen and oxygen atoms in total. The predicted molar refractivity (Wildman–Crippen MR) is 60.5 cm³/mol. The number of carbonyl (C=O) groups excluding carboxylic acids is 1. The van der Waals surface area contributed by atoms with Crippen LogP contribution in [0.3, 0.4) is 0 Å². The van der Waals surface area contributed by atoms with Crippen molar-refractivity contribution in [1.29, 1.82) is 0 Å². The lowest BCUT2D eigenvalue weighted by Crippen LogP contribution is -2.40. The van der Waals surface area contributed by atoms with Crippen LogP contribution in [0.2, 0.25) is 0 Å². The third-order valence-electron chi connectivity index (χ3n) is 3.21. The van der Waals surface area contributed by atoms with E-state index in [1.54, 1.807) is 0 Å². The van der Waals surface area contributed by atoms with Crippen molar-refractivity contribution in [3.05, 3.63) is 35.4 Å². The van der Waals surface area contributed by atoms with E-state index in [9.17, 15) is 13.6 Å². The number of piperidine rings is 1. The van der Waals surface area contributed by atoms with Crippen molar-refractivity contribution in [2.24, 2.45) is 0 Å². The molecule has 0 N–H and O–H groups in total. The van der Waals surface area contributed by atoms with E-state index in [4.69, 9.17) is 0 Å². The first-order chi connectivity index (χ1) is 8.06. The third kappa shape index (κ3) is 2.88. The van der Waals surface area contributed by atoms with Crippen LogP contribution in [0.25, 0.3) is 0 Å². The van der Waals surface area contributed by atoms with Crippen molar-refractivity contribution in [2.45, 2.75) is 32.4 Å². The van der Waals surface area contributed by atoms with Crippen molar-refractivity contribution < 1.29 is 13.6 Å². The number of carbonyl (C=O) groups is 1. The van der Waals surface area contributed by atoms with E-state index in [1.807, 2.05) is 11.8 Å². The zero-order valence-electron chi connectivity index (χ0n) is 9.75. The van der Waals surface area contributed by atoms with Gasteiger partial charge in [-0.2, -0.15) is 0 Å². The van der Waals surface area contributed by atoms with Crippen LogP contribution in [0.15, 0.2) is 18.2 Å². The SMILES string of the molecule is CC1CC(=O)CCN1Cc1cc(F)ccc1F. The van der Waals surface area contributed by atoms with Gasteiger partial charge >= 0.3 is 0 Å². The van der Waals surface area contributed by atoms with Gasteiger partial charge in [-0.15, -0.1) is 0 Å². The molecule has 0 amide bonds. The van der Waals surface area contributed by atoms with Gasteiger partial charge in [0.15, 0.2) is 0 Å². The first-order valence-electron chi connectivity index (χ1n) is 5.76. The van der Waals surface area contributed by atoms with Gasteiger partial charge in [0, 0.05) is 37.5 Å². The number of Topliss-reactive ketones (excluding diaryl/α,β-unsaturated/α-hetero) is 1. The second-order valence-corrected chi connectivity index (χ2v) is 4.55. The van der Waals surface area contributed by atoms with E-state index in [2.05, 4.69) is 0 Å². The standard InChI is InChI=1S/C13H15F2NO/c1-9-6-12(17)4-5-16(9)8-10-7-11(14)2-3-13(10)15/h2-3,7,9H,4-6,8H2,1H3. The van der Waals surface area contributed by atoms with Gasteiger partial charge < -0.3 is 0 Å². The fourth-order valence-electron chi connectivity index (χ4n) is 2.17. The molecular weight excluding hydrogens is 224 g/mol. The van der Waals surface area contributed by atoms with E-state index in [-0.39, 0.29) is 11.8 Å². The smallest absolute Gasteiger partial charge is 0.135 e. The molecule has 2 rings (SSSR count). The van der Waals surface area contributed by atoms with E-state index < -0.39 is 11.6 Å². The summed E-state index contributed by atoms with van der Waals surface area (Å²) in [6.07, 6.45) is 0.998. The summed E-state index contributed by atoms with van der Waals surface area (Å²) >= 11 is 0. The minimum Gasteiger partial charge on any atom is -0.300 e. The van der Waals surface area contributed by atoms with Crippen molar-refractivity contribution >= 4 is 5.78 Å². The maximum absolute atomic E-state index is 13.5. The zero-order chi connectivity index (χ0) is 12.4. The minimum absolute atomic E-state index is 0.0962. The highest BCUT2D eigenvalue weighted by Gasteiger charge is 2.24. The average Bonchev–Trinajstić information content (AvgIpc) is 2.27. The fraction of sp³-hybridized carbons (Fsp3) is 0.462. The molecule has 0 aliphatic carbocycles. The van der Waals surface area contributed by atoms with Crippen LogP contribution in [-0.2, 0) is 11.3 Å². The molecule has 1 heterocycles. The molecule has 1 aromatic carbocycles. The molecule has 4 heteroatoms. The Morgan fingerprint density at radius 2 is 2.18 bits per heavy atom. The van der Waals surface area contributed by atoms with E-state index >= 15 is 0 Å². The summed E-state index contributed by atoms with van der Waals surface area (Å²) in [5.74, 6) is -0.578. The molecule has 1 aliphatic rings. The molecule has 1 atom stereocenters. The van der Waals surface area contributed by atoms with E-state index in [0.29, 0.717) is 31.5 Å². The van der Waals surface area contributed by atoms with Gasteiger partial charge in [0.25, 0.3) is 0 Å². The lowest BCUT2D eigenvalue weighted by Gasteiger charge is -2.32. The monoisotopic (exact) mass is 239 g/mol. The molecule has 0 bridgehead atoms. The predicted octanol–water partition coefficient (Wildman–Crippen LogP) is 2.52.